The molecule has 3 atom stereocenters. The number of aromatic nitrogens is 3. The van der Waals surface area contributed by atoms with E-state index in [2.05, 4.69) is 286 Å². The van der Waals surface area contributed by atoms with Gasteiger partial charge in [-0.25, -0.2) is 9.13 Å². The van der Waals surface area contributed by atoms with E-state index < -0.39 is 0 Å². The van der Waals surface area contributed by atoms with Crippen LogP contribution in [0, 0.1) is 5.41 Å². The van der Waals surface area contributed by atoms with Crippen LogP contribution in [0.3, 0.4) is 0 Å². The Labute approximate surface area is 574 Å². The van der Waals surface area contributed by atoms with E-state index in [1.807, 2.05) is 0 Å². The minimum atomic E-state index is 0.555. The number of rotatable bonds is 12. The molecule has 3 unspecified atom stereocenters. The maximum absolute atomic E-state index is 2.73. The van der Waals surface area contributed by atoms with E-state index in [0.717, 1.165) is 68.5 Å². The molecule has 0 amide bonds. The largest absolute Gasteiger partial charge is 0.324 e. The van der Waals surface area contributed by atoms with Crippen LogP contribution < -0.4 is 13.7 Å². The van der Waals surface area contributed by atoms with Gasteiger partial charge in [-0.2, -0.15) is 4.57 Å². The van der Waals surface area contributed by atoms with E-state index >= 15 is 0 Å². The van der Waals surface area contributed by atoms with Crippen LogP contribution in [0.4, 0.5) is 0 Å². The Hall–Kier alpha value is -3.17. The highest BCUT2D eigenvalue weighted by Crippen LogP contribution is 2.44. The molecule has 9 aliphatic heterocycles. The third kappa shape index (κ3) is 19.0. The van der Waals surface area contributed by atoms with Gasteiger partial charge in [-0.05, 0) is 196 Å². The molecule has 0 aromatic carbocycles. The van der Waals surface area contributed by atoms with Crippen LogP contribution in [0.25, 0.3) is 0 Å². The summed E-state index contributed by atoms with van der Waals surface area (Å²) in [5.41, 5.74) is 13.3. The maximum Gasteiger partial charge on any atom is 0.200 e. The van der Waals surface area contributed by atoms with E-state index in [1.54, 1.807) is 11.1 Å². The summed E-state index contributed by atoms with van der Waals surface area (Å²) in [4.78, 5) is 15.6. The first-order valence-electron chi connectivity index (χ1n) is 38.3. The number of likely N-dealkylation sites (N-methyl/N-ethyl adjacent to an activating group) is 2. The van der Waals surface area contributed by atoms with Gasteiger partial charge in [0.15, 0.2) is 54.8 Å². The molecule has 0 radical (unpaired) electrons. The van der Waals surface area contributed by atoms with Gasteiger partial charge in [0.05, 0.1) is 71.5 Å². The molecule has 12 heteroatoms. The molecular weight excluding hydrogens is 1140 g/mol. The summed E-state index contributed by atoms with van der Waals surface area (Å²) in [6, 6.07) is 18.9. The molecule has 9 aliphatic rings. The standard InChI is InChI=1S/C14H29N2.2C14H23N2.C13H25N2.C13H27N2.C13H21N2/c1-12(2)15-10-14(11-15)6-8-16(5,9-7-14)13(3)4;1-11(2)15-7-5-14-10-16(12(3)4)8-6-13(14)9-15;1-11(2)15-7-5-13-6-8-16(12(3)4)10-14(13)9-15;1-10(2)14-6-12-8-15(5,11(3)4)9-13(12)7-14;1-10(2)14-8-6-13-12(14)7-9-15(13,5)11(3)4;1-10(2)14-8-12-6-5-7-15(11(3)4)13(12)9-14/h12-13H,6-11H2,1-5H3;2*5,7,9,11-12H,6,8,10H2,1-4H3;10-11H,6-9H2,1-5H3;10-13H,6-9H2,1-5H3;5-7,10-11H,8-9H2,1-4H3/q6*+1. The zero-order valence-corrected chi connectivity index (χ0v) is 65.7. The number of likely N-dealkylation sites (tertiary alicyclic amines) is 4. The number of pyridine rings is 3. The van der Waals surface area contributed by atoms with Crippen LogP contribution in [0.2, 0.25) is 0 Å². The second-order valence-electron chi connectivity index (χ2n) is 35.0. The van der Waals surface area contributed by atoms with E-state index in [4.69, 9.17) is 0 Å². The molecule has 0 aliphatic carbocycles. The van der Waals surface area contributed by atoms with Gasteiger partial charge in [0, 0.05) is 179 Å². The summed E-state index contributed by atoms with van der Waals surface area (Å²) in [5, 5.41) is 0. The Morgan fingerprint density at radius 1 is 0.419 bits per heavy atom. The first-order chi connectivity index (χ1) is 43.5. The molecule has 12 nitrogen and oxygen atoms in total. The second-order valence-corrected chi connectivity index (χ2v) is 35.0. The average molecular weight is 1290 g/mol. The number of nitrogens with zero attached hydrogens (tertiary/aromatic N) is 12. The predicted molar refractivity (Wildman–Crippen MR) is 393 cm³/mol. The van der Waals surface area contributed by atoms with Crippen molar-refractivity contribution in [1.29, 1.82) is 0 Å². The third-order valence-electron chi connectivity index (χ3n) is 25.1. The van der Waals surface area contributed by atoms with Crippen molar-refractivity contribution in [2.24, 2.45) is 5.41 Å². The first kappa shape index (κ1) is 77.2. The highest BCUT2D eigenvalue weighted by molar-refractivity contribution is 5.28. The van der Waals surface area contributed by atoms with Crippen molar-refractivity contribution >= 4 is 0 Å². The predicted octanol–water partition coefficient (Wildman–Crippen LogP) is 13.2. The van der Waals surface area contributed by atoms with Gasteiger partial charge in [0.2, 0.25) is 0 Å². The molecule has 526 valence electrons. The molecular formula is C81H148N12+6. The highest BCUT2D eigenvalue weighted by Gasteiger charge is 2.53. The first-order valence-corrected chi connectivity index (χ1v) is 38.3. The quantitative estimate of drug-likeness (QED) is 0.102. The highest BCUT2D eigenvalue weighted by atomic mass is 15.4. The summed E-state index contributed by atoms with van der Waals surface area (Å²) in [6.45, 7) is 75.4. The number of hydrogen-bond donors (Lipinski definition) is 0. The third-order valence-corrected chi connectivity index (χ3v) is 25.1. The molecule has 0 N–H and O–H groups in total. The monoisotopic (exact) mass is 1290 g/mol. The number of quaternary nitrogens is 3. The van der Waals surface area contributed by atoms with Crippen molar-refractivity contribution in [3.05, 3.63) is 99.9 Å². The van der Waals surface area contributed by atoms with Gasteiger partial charge < -0.3 is 13.4 Å². The van der Waals surface area contributed by atoms with Crippen molar-refractivity contribution in [3.63, 3.8) is 0 Å². The average Bonchev–Trinajstić information content (AvgIpc) is 1.76. The van der Waals surface area contributed by atoms with E-state index in [1.165, 1.54) is 164 Å². The molecule has 12 heterocycles. The molecule has 0 saturated carbocycles. The van der Waals surface area contributed by atoms with Crippen LogP contribution in [0.15, 0.2) is 66.4 Å². The summed E-state index contributed by atoms with van der Waals surface area (Å²) < 4.78 is 10.9. The fraction of sp³-hybridized carbons (Fsp3) is 0.790. The molecule has 12 rings (SSSR count). The number of hydrogen-bond acceptors (Lipinski definition) is 6. The Bertz CT molecular complexity index is 2830. The van der Waals surface area contributed by atoms with Crippen LogP contribution in [-0.4, -0.2) is 209 Å². The molecule has 1 spiro atoms. The minimum Gasteiger partial charge on any atom is -0.324 e. The van der Waals surface area contributed by atoms with Crippen molar-refractivity contribution in [2.45, 2.75) is 315 Å². The summed E-state index contributed by atoms with van der Waals surface area (Å²) in [6.07, 6.45) is 19.4. The maximum atomic E-state index is 2.73. The lowest BCUT2D eigenvalue weighted by Gasteiger charge is -2.57. The summed E-state index contributed by atoms with van der Waals surface area (Å²) >= 11 is 0. The van der Waals surface area contributed by atoms with E-state index in [-0.39, 0.29) is 0 Å². The lowest BCUT2D eigenvalue weighted by atomic mass is 9.70. The van der Waals surface area contributed by atoms with Crippen molar-refractivity contribution in [2.75, 3.05) is 99.7 Å². The molecule has 93 heavy (non-hydrogen) atoms. The van der Waals surface area contributed by atoms with Gasteiger partial charge in [0.1, 0.15) is 19.1 Å². The zero-order valence-electron chi connectivity index (χ0n) is 65.7. The van der Waals surface area contributed by atoms with Crippen LogP contribution in [0.5, 0.6) is 0 Å². The lowest BCUT2D eigenvalue weighted by Crippen LogP contribution is -2.66. The van der Waals surface area contributed by atoms with Crippen molar-refractivity contribution < 1.29 is 27.2 Å². The van der Waals surface area contributed by atoms with Gasteiger partial charge in [-0.1, -0.05) is 0 Å². The fourth-order valence-corrected chi connectivity index (χ4v) is 16.6. The number of piperidine rings is 1. The van der Waals surface area contributed by atoms with Crippen molar-refractivity contribution in [1.82, 2.24) is 29.4 Å². The smallest absolute Gasteiger partial charge is 0.200 e. The van der Waals surface area contributed by atoms with Crippen LogP contribution in [-0.2, 0) is 39.0 Å². The van der Waals surface area contributed by atoms with Crippen LogP contribution in [0.1, 0.15) is 243 Å². The summed E-state index contributed by atoms with van der Waals surface area (Å²) in [7, 11) is 7.32. The Morgan fingerprint density at radius 3 is 1.37 bits per heavy atom. The van der Waals surface area contributed by atoms with Gasteiger partial charge >= 0.3 is 0 Å². The molecule has 3 aromatic heterocycles. The number of fused-ring (bicyclic) bond motifs is 4. The zero-order chi connectivity index (χ0) is 68.8. The van der Waals surface area contributed by atoms with Gasteiger partial charge in [0.25, 0.3) is 0 Å². The Kier molecular flexibility index (Phi) is 27.1. The molecule has 4 fully saturated rings. The van der Waals surface area contributed by atoms with Crippen molar-refractivity contribution in [3.8, 4) is 0 Å². The topological polar surface area (TPSA) is 31.1 Å². The fourth-order valence-electron chi connectivity index (χ4n) is 16.6. The SMILES string of the molecule is CC(C)N1CC2(CC[N+](C)(C(C)C)CC2)C1.CC(C)N1CC2=C(C1)C[N+](C)(C(C)C)C2.CC(C)N1CCC2C1CC[N+]2(C)C(C)C.CC(C)N1CCc2c[n+](C(C)C)ccc2C1.CC(C)N1CCc2cc[n+](C(C)C)cc2C1.CC(C)N1Cc2ccc[n+](C(C)C)c2C1. The van der Waals surface area contributed by atoms with Gasteiger partial charge in [-0.15, -0.1) is 0 Å². The molecule has 0 bridgehead atoms. The van der Waals surface area contributed by atoms with E-state index in [9.17, 15) is 0 Å². The molecule has 3 aromatic rings. The Balaban J connectivity index is 0.000000158. The van der Waals surface area contributed by atoms with Crippen LogP contribution >= 0.6 is 0 Å². The lowest BCUT2D eigenvalue weighted by molar-refractivity contribution is -0.940. The normalized spacial score (nSPS) is 24.3. The minimum absolute atomic E-state index is 0.555. The molecule has 4 saturated heterocycles. The second kappa shape index (κ2) is 32.7. The van der Waals surface area contributed by atoms with Gasteiger partial charge in [-0.3, -0.25) is 29.4 Å². The van der Waals surface area contributed by atoms with E-state index in [0.29, 0.717) is 47.7 Å². The summed E-state index contributed by atoms with van der Waals surface area (Å²) in [5.74, 6) is 0. The Morgan fingerprint density at radius 2 is 0.892 bits per heavy atom.